The highest BCUT2D eigenvalue weighted by Gasteiger charge is 2.36. The summed E-state index contributed by atoms with van der Waals surface area (Å²) in [6.45, 7) is -1.38. The number of benzene rings is 3. The lowest BCUT2D eigenvalue weighted by Gasteiger charge is -2.33. The van der Waals surface area contributed by atoms with Gasteiger partial charge in [0.1, 0.15) is 18.4 Å². The minimum atomic E-state index is -4.89. The summed E-state index contributed by atoms with van der Waals surface area (Å²) in [7, 11) is -2.96. The average molecular weight is 600 g/mol. The summed E-state index contributed by atoms with van der Waals surface area (Å²) in [6.07, 6.45) is -4.17. The predicted molar refractivity (Wildman–Crippen MR) is 144 cm³/mol. The van der Waals surface area contributed by atoms with Gasteiger partial charge in [-0.15, -0.1) is 0 Å². The molecular formula is C27H26ClF4N3O4S. The molecule has 40 heavy (non-hydrogen) atoms. The van der Waals surface area contributed by atoms with E-state index in [2.05, 4.69) is 5.32 Å². The molecular weight excluding hydrogens is 574 g/mol. The lowest BCUT2D eigenvalue weighted by atomic mass is 10.0. The van der Waals surface area contributed by atoms with E-state index in [0.717, 1.165) is 23.3 Å². The Morgan fingerprint density at radius 2 is 1.62 bits per heavy atom. The molecule has 1 atom stereocenters. The monoisotopic (exact) mass is 599 g/mol. The molecule has 214 valence electrons. The number of hydrogen-bond donors (Lipinski definition) is 1. The van der Waals surface area contributed by atoms with Crippen molar-refractivity contribution < 1.29 is 35.6 Å². The van der Waals surface area contributed by atoms with Crippen LogP contribution in [0.15, 0.2) is 72.8 Å². The molecule has 0 aliphatic carbocycles. The fourth-order valence-electron chi connectivity index (χ4n) is 4.03. The highest BCUT2D eigenvalue weighted by molar-refractivity contribution is 7.92. The van der Waals surface area contributed by atoms with Gasteiger partial charge in [-0.1, -0.05) is 60.1 Å². The number of amides is 2. The molecule has 0 aliphatic rings. The third-order valence-corrected chi connectivity index (χ3v) is 7.51. The summed E-state index contributed by atoms with van der Waals surface area (Å²) in [5.41, 5.74) is -1.04. The van der Waals surface area contributed by atoms with E-state index in [1.807, 2.05) is 0 Å². The second-order valence-corrected chi connectivity index (χ2v) is 11.2. The van der Waals surface area contributed by atoms with Gasteiger partial charge in [0, 0.05) is 25.6 Å². The van der Waals surface area contributed by atoms with Crippen LogP contribution in [0.3, 0.4) is 0 Å². The Morgan fingerprint density at radius 1 is 1.00 bits per heavy atom. The molecule has 0 saturated heterocycles. The third-order valence-electron chi connectivity index (χ3n) is 6.04. The molecule has 0 spiro atoms. The Balaban J connectivity index is 2.08. The highest BCUT2D eigenvalue weighted by atomic mass is 35.5. The van der Waals surface area contributed by atoms with E-state index >= 15 is 0 Å². The Bertz CT molecular complexity index is 1470. The highest BCUT2D eigenvalue weighted by Crippen LogP contribution is 2.37. The zero-order valence-electron chi connectivity index (χ0n) is 21.5. The number of sulfonamides is 1. The topological polar surface area (TPSA) is 86.8 Å². The molecule has 0 aromatic heterocycles. The summed E-state index contributed by atoms with van der Waals surface area (Å²) in [5.74, 6) is -2.21. The van der Waals surface area contributed by atoms with Gasteiger partial charge in [-0.25, -0.2) is 12.8 Å². The van der Waals surface area contributed by atoms with E-state index in [9.17, 15) is 35.6 Å². The number of nitrogens with one attached hydrogen (secondary N) is 1. The van der Waals surface area contributed by atoms with Gasteiger partial charge in [-0.05, 0) is 29.8 Å². The fourth-order valence-corrected chi connectivity index (χ4v) is 5.10. The standard InChI is InChI=1S/C27H26ClF4N3O4S/c1-33-26(37)24(14-18-8-4-3-5-9-18)34(16-19-10-6-7-11-23(19)29)25(36)17-35(40(2,38)39)20-12-13-22(28)21(15-20)27(30,31)32/h3-13,15,24H,14,16-17H2,1-2H3,(H,33,37)/t24-/m0/s1. The molecule has 0 fully saturated rings. The predicted octanol–water partition coefficient (Wildman–Crippen LogP) is 4.65. The largest absolute Gasteiger partial charge is 0.417 e. The minimum absolute atomic E-state index is 0.00124. The van der Waals surface area contributed by atoms with Crippen molar-refractivity contribution in [1.82, 2.24) is 10.2 Å². The molecule has 0 aliphatic heterocycles. The first kappa shape index (κ1) is 30.9. The summed E-state index contributed by atoms with van der Waals surface area (Å²) < 4.78 is 81.0. The zero-order valence-corrected chi connectivity index (χ0v) is 23.0. The lowest BCUT2D eigenvalue weighted by Crippen LogP contribution is -2.53. The van der Waals surface area contributed by atoms with Crippen LogP contribution >= 0.6 is 11.6 Å². The number of halogens is 5. The molecule has 3 aromatic rings. The van der Waals surface area contributed by atoms with Crippen molar-refractivity contribution in [2.24, 2.45) is 0 Å². The van der Waals surface area contributed by atoms with Crippen molar-refractivity contribution in [2.45, 2.75) is 25.2 Å². The van der Waals surface area contributed by atoms with Crippen LogP contribution in [0.25, 0.3) is 0 Å². The Morgan fingerprint density at radius 3 is 2.20 bits per heavy atom. The SMILES string of the molecule is CNC(=O)[C@H](Cc1ccccc1)N(Cc1ccccc1F)C(=O)CN(c1ccc(Cl)c(C(F)(F)F)c1)S(C)(=O)=O. The van der Waals surface area contributed by atoms with Crippen molar-refractivity contribution in [3.63, 3.8) is 0 Å². The smallest absolute Gasteiger partial charge is 0.357 e. The zero-order chi connectivity index (χ0) is 29.7. The Kier molecular flexibility index (Phi) is 9.80. The second-order valence-electron chi connectivity index (χ2n) is 8.86. The normalized spacial score (nSPS) is 12.5. The van der Waals surface area contributed by atoms with Gasteiger partial charge >= 0.3 is 6.18 Å². The van der Waals surface area contributed by atoms with Crippen LogP contribution in [0, 0.1) is 5.82 Å². The molecule has 0 heterocycles. The van der Waals surface area contributed by atoms with Gasteiger partial charge in [0.05, 0.1) is 22.5 Å². The minimum Gasteiger partial charge on any atom is -0.357 e. The van der Waals surface area contributed by atoms with Crippen LogP contribution in [-0.2, 0) is 38.8 Å². The number of rotatable bonds is 10. The molecule has 13 heteroatoms. The van der Waals surface area contributed by atoms with Crippen molar-refractivity contribution in [3.05, 3.63) is 100 Å². The molecule has 1 N–H and O–H groups in total. The van der Waals surface area contributed by atoms with Crippen molar-refractivity contribution in [2.75, 3.05) is 24.2 Å². The van der Waals surface area contributed by atoms with E-state index in [1.54, 1.807) is 30.3 Å². The summed E-state index contributed by atoms with van der Waals surface area (Å²) in [6, 6.07) is 15.4. The maximum Gasteiger partial charge on any atom is 0.417 e. The maximum atomic E-state index is 14.6. The number of carbonyl (C=O) groups excluding carboxylic acids is 2. The fraction of sp³-hybridized carbons (Fsp3) is 0.259. The first-order valence-electron chi connectivity index (χ1n) is 11.8. The van der Waals surface area contributed by atoms with Gasteiger partial charge in [-0.2, -0.15) is 13.2 Å². The molecule has 0 radical (unpaired) electrons. The summed E-state index contributed by atoms with van der Waals surface area (Å²) in [5, 5.41) is 1.82. The molecule has 0 bridgehead atoms. The van der Waals surface area contributed by atoms with E-state index < -0.39 is 69.2 Å². The van der Waals surface area contributed by atoms with Crippen LogP contribution in [-0.4, -0.2) is 51.0 Å². The number of alkyl halides is 3. The van der Waals surface area contributed by atoms with Gasteiger partial charge in [-0.3, -0.25) is 13.9 Å². The average Bonchev–Trinajstić information content (AvgIpc) is 2.89. The summed E-state index contributed by atoms with van der Waals surface area (Å²) in [4.78, 5) is 27.8. The van der Waals surface area contributed by atoms with Crippen LogP contribution in [0.2, 0.25) is 5.02 Å². The van der Waals surface area contributed by atoms with E-state index in [1.165, 1.54) is 31.3 Å². The van der Waals surface area contributed by atoms with Crippen molar-refractivity contribution >= 4 is 39.1 Å². The van der Waals surface area contributed by atoms with Gasteiger partial charge in [0.25, 0.3) is 0 Å². The van der Waals surface area contributed by atoms with E-state index in [4.69, 9.17) is 11.6 Å². The van der Waals surface area contributed by atoms with Gasteiger partial charge in [0.15, 0.2) is 0 Å². The van der Waals surface area contributed by atoms with E-state index in [0.29, 0.717) is 15.9 Å². The van der Waals surface area contributed by atoms with Crippen LogP contribution in [0.1, 0.15) is 16.7 Å². The number of hydrogen-bond acceptors (Lipinski definition) is 4. The van der Waals surface area contributed by atoms with Crippen molar-refractivity contribution in [1.29, 1.82) is 0 Å². The quantitative estimate of drug-likeness (QED) is 0.344. The Hall–Kier alpha value is -3.64. The first-order chi connectivity index (χ1) is 18.7. The van der Waals surface area contributed by atoms with Crippen LogP contribution < -0.4 is 9.62 Å². The van der Waals surface area contributed by atoms with E-state index in [-0.39, 0.29) is 12.0 Å². The molecule has 3 rings (SSSR count). The summed E-state index contributed by atoms with van der Waals surface area (Å²) >= 11 is 5.69. The number of anilines is 1. The van der Waals surface area contributed by atoms with Crippen LogP contribution in [0.5, 0.6) is 0 Å². The molecule has 7 nitrogen and oxygen atoms in total. The number of nitrogens with zero attached hydrogens (tertiary/aromatic N) is 2. The number of likely N-dealkylation sites (N-methyl/N-ethyl adjacent to an activating group) is 1. The lowest BCUT2D eigenvalue weighted by molar-refractivity contribution is -0.139. The molecule has 3 aromatic carbocycles. The Labute approximate surface area is 234 Å². The third kappa shape index (κ3) is 7.72. The molecule has 0 unspecified atom stereocenters. The number of carbonyl (C=O) groups is 2. The molecule has 0 saturated carbocycles. The van der Waals surface area contributed by atoms with Gasteiger partial charge in [0.2, 0.25) is 21.8 Å². The first-order valence-corrected chi connectivity index (χ1v) is 14.1. The maximum absolute atomic E-state index is 14.6. The van der Waals surface area contributed by atoms with Crippen LogP contribution in [0.4, 0.5) is 23.2 Å². The van der Waals surface area contributed by atoms with Gasteiger partial charge < -0.3 is 10.2 Å². The molecule has 2 amide bonds. The second kappa shape index (κ2) is 12.7. The van der Waals surface area contributed by atoms with Crippen molar-refractivity contribution in [3.8, 4) is 0 Å².